The molecular weight excluding hydrogens is 260 g/mol. The highest BCUT2D eigenvalue weighted by molar-refractivity contribution is 5.87. The predicted molar refractivity (Wildman–Crippen MR) is 82.7 cm³/mol. The first-order chi connectivity index (χ1) is 9.95. The van der Waals surface area contributed by atoms with Gasteiger partial charge >= 0.3 is 0 Å². The lowest BCUT2D eigenvalue weighted by Crippen LogP contribution is -2.54. The molecule has 0 aromatic heterocycles. The molecule has 0 amide bonds. The van der Waals surface area contributed by atoms with E-state index >= 15 is 0 Å². The molecule has 4 aliphatic rings. The Hall–Kier alpha value is -0.370. The normalized spacial score (nSPS) is 56.5. The maximum atomic E-state index is 12.4. The van der Waals surface area contributed by atoms with Crippen molar-refractivity contribution >= 4 is 5.78 Å². The van der Waals surface area contributed by atoms with Crippen LogP contribution in [0.1, 0.15) is 71.6 Å². The second kappa shape index (κ2) is 4.57. The third-order valence-corrected chi connectivity index (χ3v) is 8.35. The molecular formula is C19H30O2. The van der Waals surface area contributed by atoms with Crippen molar-refractivity contribution in [1.82, 2.24) is 0 Å². The highest BCUT2D eigenvalue weighted by Gasteiger charge is 2.60. The van der Waals surface area contributed by atoms with E-state index in [9.17, 15) is 9.90 Å². The minimum atomic E-state index is -0.0541. The van der Waals surface area contributed by atoms with E-state index in [1.165, 1.54) is 25.7 Å². The van der Waals surface area contributed by atoms with Crippen LogP contribution in [0.25, 0.3) is 0 Å². The summed E-state index contributed by atoms with van der Waals surface area (Å²) in [5, 5.41) is 10.0. The molecule has 0 aromatic rings. The zero-order valence-corrected chi connectivity index (χ0v) is 13.6. The van der Waals surface area contributed by atoms with Gasteiger partial charge in [-0.1, -0.05) is 13.8 Å². The second-order valence-electron chi connectivity index (χ2n) is 9.00. The van der Waals surface area contributed by atoms with E-state index in [1.54, 1.807) is 0 Å². The molecule has 4 saturated carbocycles. The fraction of sp³-hybridized carbons (Fsp3) is 0.947. The third kappa shape index (κ3) is 1.84. The molecule has 4 aliphatic carbocycles. The summed E-state index contributed by atoms with van der Waals surface area (Å²) in [7, 11) is 0. The summed E-state index contributed by atoms with van der Waals surface area (Å²) >= 11 is 0. The smallest absolute Gasteiger partial charge is 0.139 e. The number of hydrogen-bond donors (Lipinski definition) is 1. The van der Waals surface area contributed by atoms with E-state index in [0.717, 1.165) is 49.9 Å². The number of fused-ring (bicyclic) bond motifs is 5. The summed E-state index contributed by atoms with van der Waals surface area (Å²) in [6, 6.07) is 0. The molecule has 0 saturated heterocycles. The standard InChI is InChI=1S/C19H30O2/c1-18-9-7-13(20)11-12(18)3-4-14-15-5-6-17(21)19(15,2)10-8-16(14)18/h12-16,20H,3-11H2,1-2H3/t12-,13-,14-,15-,16+,18-,19-/m0/s1. The van der Waals surface area contributed by atoms with E-state index in [1.807, 2.05) is 0 Å². The number of hydrogen-bond acceptors (Lipinski definition) is 2. The van der Waals surface area contributed by atoms with Crippen LogP contribution in [0, 0.1) is 34.5 Å². The largest absolute Gasteiger partial charge is 0.393 e. The minimum absolute atomic E-state index is 0.0124. The highest BCUT2D eigenvalue weighted by atomic mass is 16.3. The molecule has 7 atom stereocenters. The lowest BCUT2D eigenvalue weighted by atomic mass is 9.45. The number of rotatable bonds is 0. The SMILES string of the molecule is C[C@]12CC[C@H](O)C[C@@H]1CC[C@@H]1[C@H]2CC[C@]2(C)C(=O)CC[C@@H]12. The van der Waals surface area contributed by atoms with Gasteiger partial charge in [0.05, 0.1) is 6.10 Å². The van der Waals surface area contributed by atoms with Crippen molar-refractivity contribution in [2.75, 3.05) is 0 Å². The van der Waals surface area contributed by atoms with Crippen LogP contribution >= 0.6 is 0 Å². The number of Topliss-reactive ketones (excluding diaryl/α,β-unsaturated/α-hetero) is 1. The number of aliphatic hydroxyl groups is 1. The Labute approximate surface area is 128 Å². The fourth-order valence-corrected chi connectivity index (χ4v) is 7.01. The van der Waals surface area contributed by atoms with Crippen LogP contribution in [-0.2, 0) is 4.79 Å². The van der Waals surface area contributed by atoms with Crippen molar-refractivity contribution in [3.63, 3.8) is 0 Å². The predicted octanol–water partition coefficient (Wildman–Crippen LogP) is 3.96. The van der Waals surface area contributed by atoms with Gasteiger partial charge in [-0.2, -0.15) is 0 Å². The minimum Gasteiger partial charge on any atom is -0.393 e. The molecule has 1 N–H and O–H groups in total. The molecule has 4 fully saturated rings. The molecule has 0 aliphatic heterocycles. The van der Waals surface area contributed by atoms with Crippen molar-refractivity contribution in [2.45, 2.75) is 77.7 Å². The van der Waals surface area contributed by atoms with Crippen LogP contribution in [-0.4, -0.2) is 17.0 Å². The van der Waals surface area contributed by atoms with E-state index < -0.39 is 0 Å². The Morgan fingerprint density at radius 1 is 1.00 bits per heavy atom. The van der Waals surface area contributed by atoms with Gasteiger partial charge < -0.3 is 5.11 Å². The number of carbonyl (C=O) groups excluding carboxylic acids is 1. The van der Waals surface area contributed by atoms with Crippen LogP contribution in [0.2, 0.25) is 0 Å². The Morgan fingerprint density at radius 2 is 1.81 bits per heavy atom. The first-order valence-electron chi connectivity index (χ1n) is 9.16. The van der Waals surface area contributed by atoms with E-state index in [0.29, 0.717) is 17.1 Å². The first kappa shape index (κ1) is 14.2. The first-order valence-corrected chi connectivity index (χ1v) is 9.16. The molecule has 4 rings (SSSR count). The van der Waals surface area contributed by atoms with Crippen LogP contribution in [0.15, 0.2) is 0 Å². The highest BCUT2D eigenvalue weighted by Crippen LogP contribution is 2.65. The summed E-state index contributed by atoms with van der Waals surface area (Å²) in [6.07, 6.45) is 10.1. The van der Waals surface area contributed by atoms with E-state index in [-0.39, 0.29) is 11.5 Å². The molecule has 2 nitrogen and oxygen atoms in total. The maximum Gasteiger partial charge on any atom is 0.139 e. The van der Waals surface area contributed by atoms with Crippen LogP contribution in [0.5, 0.6) is 0 Å². The summed E-state index contributed by atoms with van der Waals surface area (Å²) < 4.78 is 0. The maximum absolute atomic E-state index is 12.4. The molecule has 2 heteroatoms. The Morgan fingerprint density at radius 3 is 2.62 bits per heavy atom. The monoisotopic (exact) mass is 290 g/mol. The van der Waals surface area contributed by atoms with Crippen molar-refractivity contribution in [2.24, 2.45) is 34.5 Å². The van der Waals surface area contributed by atoms with Crippen molar-refractivity contribution in [3.8, 4) is 0 Å². The topological polar surface area (TPSA) is 37.3 Å². The van der Waals surface area contributed by atoms with Gasteiger partial charge in [0.15, 0.2) is 0 Å². The van der Waals surface area contributed by atoms with E-state index in [4.69, 9.17) is 0 Å². The van der Waals surface area contributed by atoms with Crippen molar-refractivity contribution in [3.05, 3.63) is 0 Å². The summed E-state index contributed by atoms with van der Waals surface area (Å²) in [4.78, 5) is 12.4. The molecule has 0 radical (unpaired) electrons. The molecule has 0 bridgehead atoms. The van der Waals surface area contributed by atoms with Crippen molar-refractivity contribution in [1.29, 1.82) is 0 Å². The third-order valence-electron chi connectivity index (χ3n) is 8.35. The van der Waals surface area contributed by atoms with Crippen LogP contribution in [0.3, 0.4) is 0 Å². The quantitative estimate of drug-likeness (QED) is 0.733. The van der Waals surface area contributed by atoms with E-state index in [2.05, 4.69) is 13.8 Å². The van der Waals surface area contributed by atoms with Crippen molar-refractivity contribution < 1.29 is 9.90 Å². The summed E-state index contributed by atoms with van der Waals surface area (Å²) in [6.45, 7) is 4.78. The lowest BCUT2D eigenvalue weighted by molar-refractivity contribution is -0.142. The zero-order chi connectivity index (χ0) is 14.8. The van der Waals surface area contributed by atoms with Gasteiger partial charge in [-0.25, -0.2) is 0 Å². The van der Waals surface area contributed by atoms with Gasteiger partial charge in [-0.3, -0.25) is 4.79 Å². The second-order valence-corrected chi connectivity index (χ2v) is 9.00. The lowest BCUT2D eigenvalue weighted by Gasteiger charge is -2.60. The average Bonchev–Trinajstić information content (AvgIpc) is 2.76. The summed E-state index contributed by atoms with van der Waals surface area (Å²) in [5.74, 6) is 3.54. The van der Waals surface area contributed by atoms with Gasteiger partial charge in [-0.15, -0.1) is 0 Å². The van der Waals surface area contributed by atoms with Gasteiger partial charge in [0.1, 0.15) is 5.78 Å². The number of ketones is 1. The Bertz CT molecular complexity index is 458. The van der Waals surface area contributed by atoms with Gasteiger partial charge in [0.25, 0.3) is 0 Å². The van der Waals surface area contributed by atoms with Gasteiger partial charge in [0.2, 0.25) is 0 Å². The number of carbonyl (C=O) groups is 1. The Kier molecular flexibility index (Phi) is 3.10. The average molecular weight is 290 g/mol. The molecule has 118 valence electrons. The zero-order valence-electron chi connectivity index (χ0n) is 13.6. The van der Waals surface area contributed by atoms with Crippen LogP contribution < -0.4 is 0 Å². The molecule has 0 aromatic carbocycles. The molecule has 21 heavy (non-hydrogen) atoms. The van der Waals surface area contributed by atoms with Crippen LogP contribution in [0.4, 0.5) is 0 Å². The molecule has 0 heterocycles. The Balaban J connectivity index is 1.64. The molecule has 0 unspecified atom stereocenters. The van der Waals surface area contributed by atoms with Gasteiger partial charge in [-0.05, 0) is 80.5 Å². The molecule has 0 spiro atoms. The summed E-state index contributed by atoms with van der Waals surface area (Å²) in [5.41, 5.74) is 0.452. The number of aliphatic hydroxyl groups excluding tert-OH is 1. The van der Waals surface area contributed by atoms with Gasteiger partial charge in [0, 0.05) is 11.8 Å². The fourth-order valence-electron chi connectivity index (χ4n) is 7.01.